The normalized spacial score (nSPS) is 16.6. The van der Waals surface area contributed by atoms with Crippen LogP contribution in [0.3, 0.4) is 0 Å². The van der Waals surface area contributed by atoms with Crippen molar-refractivity contribution in [3.63, 3.8) is 0 Å². The largest absolute Gasteiger partial charge is 0.330 e. The Bertz CT molecular complexity index is 971. The van der Waals surface area contributed by atoms with Gasteiger partial charge in [0.15, 0.2) is 5.13 Å². The van der Waals surface area contributed by atoms with Crippen LogP contribution >= 0.6 is 22.9 Å². The number of amides is 2. The summed E-state index contributed by atoms with van der Waals surface area (Å²) >= 11 is 7.43. The van der Waals surface area contributed by atoms with E-state index in [2.05, 4.69) is 10.3 Å². The summed E-state index contributed by atoms with van der Waals surface area (Å²) in [5.74, 6) is -0.231. The van der Waals surface area contributed by atoms with Gasteiger partial charge in [0.1, 0.15) is 6.04 Å². The van der Waals surface area contributed by atoms with Crippen LogP contribution in [-0.4, -0.2) is 34.3 Å². The number of aromatic nitrogens is 1. The molecule has 7 heteroatoms. The van der Waals surface area contributed by atoms with Crippen molar-refractivity contribution < 1.29 is 9.59 Å². The predicted molar refractivity (Wildman–Crippen MR) is 108 cm³/mol. The average Bonchev–Trinajstić information content (AvgIpc) is 3.28. The van der Waals surface area contributed by atoms with Crippen molar-refractivity contribution in [3.05, 3.63) is 59.1 Å². The summed E-state index contributed by atoms with van der Waals surface area (Å²) in [4.78, 5) is 31.6. The Labute approximate surface area is 166 Å². The fraction of sp³-hybridized carbons (Fsp3) is 0.250. The highest BCUT2D eigenvalue weighted by atomic mass is 35.5. The molecule has 2 heterocycles. The first-order valence-corrected chi connectivity index (χ1v) is 10.00. The number of halogens is 1. The van der Waals surface area contributed by atoms with Crippen molar-refractivity contribution in [2.24, 2.45) is 0 Å². The minimum absolute atomic E-state index is 0.0563. The second-order valence-electron chi connectivity index (χ2n) is 6.53. The molecule has 2 aromatic carbocycles. The van der Waals surface area contributed by atoms with Crippen LogP contribution in [0.25, 0.3) is 10.2 Å². The van der Waals surface area contributed by atoms with E-state index in [1.165, 1.54) is 11.3 Å². The predicted octanol–water partition coefficient (Wildman–Crippen LogP) is 4.12. The summed E-state index contributed by atoms with van der Waals surface area (Å²) in [6, 6.07) is 14.5. The monoisotopic (exact) mass is 399 g/mol. The summed E-state index contributed by atoms with van der Waals surface area (Å²) in [6.07, 6.45) is 1.72. The van der Waals surface area contributed by atoms with Gasteiger partial charge >= 0.3 is 0 Å². The number of para-hydroxylation sites is 1. The fourth-order valence-electron chi connectivity index (χ4n) is 3.38. The number of fused-ring (bicyclic) bond motifs is 1. The minimum atomic E-state index is -0.455. The van der Waals surface area contributed by atoms with Gasteiger partial charge in [-0.25, -0.2) is 4.98 Å². The van der Waals surface area contributed by atoms with Gasteiger partial charge in [0, 0.05) is 11.6 Å². The van der Waals surface area contributed by atoms with Crippen LogP contribution in [0.1, 0.15) is 18.4 Å². The molecule has 2 amide bonds. The molecule has 3 aromatic rings. The van der Waals surface area contributed by atoms with Gasteiger partial charge in [0.05, 0.1) is 16.6 Å². The first kappa shape index (κ1) is 17.9. The van der Waals surface area contributed by atoms with Crippen LogP contribution in [0.2, 0.25) is 5.02 Å². The summed E-state index contributed by atoms with van der Waals surface area (Å²) in [7, 11) is 0. The first-order chi connectivity index (χ1) is 13.1. The number of nitrogens with zero attached hydrogens (tertiary/aromatic N) is 2. The molecule has 0 spiro atoms. The maximum atomic E-state index is 12.8. The van der Waals surface area contributed by atoms with Crippen molar-refractivity contribution in [2.75, 3.05) is 11.9 Å². The number of benzene rings is 2. The molecule has 1 saturated heterocycles. The van der Waals surface area contributed by atoms with Gasteiger partial charge in [0.25, 0.3) is 0 Å². The Balaban J connectivity index is 1.45. The third-order valence-electron chi connectivity index (χ3n) is 4.64. The van der Waals surface area contributed by atoms with E-state index in [1.54, 1.807) is 17.0 Å². The van der Waals surface area contributed by atoms with E-state index in [-0.39, 0.29) is 18.2 Å². The molecule has 1 aliphatic rings. The van der Waals surface area contributed by atoms with Crippen molar-refractivity contribution in [1.29, 1.82) is 0 Å². The molecule has 1 aromatic heterocycles. The van der Waals surface area contributed by atoms with Crippen LogP contribution in [0.15, 0.2) is 48.5 Å². The molecule has 0 bridgehead atoms. The van der Waals surface area contributed by atoms with Gasteiger partial charge < -0.3 is 10.2 Å². The Morgan fingerprint density at radius 3 is 2.89 bits per heavy atom. The lowest BCUT2D eigenvalue weighted by Gasteiger charge is -2.23. The van der Waals surface area contributed by atoms with E-state index in [4.69, 9.17) is 11.6 Å². The standard InChI is InChI=1S/C20H18ClN3O2S/c21-14-6-3-5-13(11-14)12-18(25)24-10-4-8-16(24)19(26)23-20-22-15-7-1-2-9-17(15)27-20/h1-3,5-7,9,11,16H,4,8,10,12H2,(H,22,23,26). The quantitative estimate of drug-likeness (QED) is 0.717. The number of anilines is 1. The molecule has 5 nitrogen and oxygen atoms in total. The highest BCUT2D eigenvalue weighted by Crippen LogP contribution is 2.27. The molecular formula is C20H18ClN3O2S. The fourth-order valence-corrected chi connectivity index (χ4v) is 4.46. The Kier molecular flexibility index (Phi) is 5.09. The zero-order chi connectivity index (χ0) is 18.8. The molecule has 1 unspecified atom stereocenters. The summed E-state index contributed by atoms with van der Waals surface area (Å²) < 4.78 is 1.02. The van der Waals surface area contributed by atoms with Crippen molar-refractivity contribution in [2.45, 2.75) is 25.3 Å². The number of thiazole rings is 1. The molecule has 0 radical (unpaired) electrons. The van der Waals surface area contributed by atoms with Crippen LogP contribution < -0.4 is 5.32 Å². The third-order valence-corrected chi connectivity index (χ3v) is 5.83. The number of hydrogen-bond donors (Lipinski definition) is 1. The molecule has 1 aliphatic heterocycles. The second kappa shape index (κ2) is 7.66. The number of rotatable bonds is 4. The van der Waals surface area contributed by atoms with Gasteiger partial charge in [-0.05, 0) is 42.7 Å². The maximum absolute atomic E-state index is 12.8. The Morgan fingerprint density at radius 1 is 1.22 bits per heavy atom. The number of carbonyl (C=O) groups excluding carboxylic acids is 2. The topological polar surface area (TPSA) is 62.3 Å². The highest BCUT2D eigenvalue weighted by molar-refractivity contribution is 7.22. The Morgan fingerprint density at radius 2 is 2.07 bits per heavy atom. The third kappa shape index (κ3) is 3.96. The Hall–Kier alpha value is -2.44. The van der Waals surface area contributed by atoms with Gasteiger partial charge in [-0.15, -0.1) is 0 Å². The van der Waals surface area contributed by atoms with E-state index >= 15 is 0 Å². The van der Waals surface area contributed by atoms with Crippen LogP contribution in [0.4, 0.5) is 5.13 Å². The average molecular weight is 400 g/mol. The SMILES string of the molecule is O=C(Nc1nc2ccccc2s1)C1CCCN1C(=O)Cc1cccc(Cl)c1. The van der Waals surface area contributed by atoms with Crippen molar-refractivity contribution in [3.8, 4) is 0 Å². The minimum Gasteiger partial charge on any atom is -0.330 e. The van der Waals surface area contributed by atoms with Gasteiger partial charge in [-0.2, -0.15) is 0 Å². The number of nitrogens with one attached hydrogen (secondary N) is 1. The molecule has 138 valence electrons. The summed E-state index contributed by atoms with van der Waals surface area (Å²) in [5.41, 5.74) is 1.71. The molecule has 1 N–H and O–H groups in total. The zero-order valence-corrected chi connectivity index (χ0v) is 16.1. The van der Waals surface area contributed by atoms with E-state index in [9.17, 15) is 9.59 Å². The van der Waals surface area contributed by atoms with Gasteiger partial charge in [-0.1, -0.05) is 47.2 Å². The molecule has 1 atom stereocenters. The van der Waals surface area contributed by atoms with Gasteiger partial charge in [-0.3, -0.25) is 9.59 Å². The summed E-state index contributed by atoms with van der Waals surface area (Å²) in [6.45, 7) is 0.595. The van der Waals surface area contributed by atoms with Crippen LogP contribution in [-0.2, 0) is 16.0 Å². The molecule has 4 rings (SSSR count). The number of likely N-dealkylation sites (tertiary alicyclic amines) is 1. The van der Waals surface area contributed by atoms with E-state index in [0.717, 1.165) is 22.2 Å². The second-order valence-corrected chi connectivity index (χ2v) is 7.99. The number of hydrogen-bond acceptors (Lipinski definition) is 4. The maximum Gasteiger partial charge on any atom is 0.248 e. The van der Waals surface area contributed by atoms with E-state index in [1.807, 2.05) is 36.4 Å². The lowest BCUT2D eigenvalue weighted by atomic mass is 10.1. The molecule has 0 aliphatic carbocycles. The lowest BCUT2D eigenvalue weighted by Crippen LogP contribution is -2.43. The van der Waals surface area contributed by atoms with Crippen molar-refractivity contribution >= 4 is 50.1 Å². The molecule has 1 fully saturated rings. The molecule has 27 heavy (non-hydrogen) atoms. The highest BCUT2D eigenvalue weighted by Gasteiger charge is 2.34. The summed E-state index contributed by atoms with van der Waals surface area (Å²) in [5, 5.41) is 4.05. The van der Waals surface area contributed by atoms with Crippen LogP contribution in [0.5, 0.6) is 0 Å². The zero-order valence-electron chi connectivity index (χ0n) is 14.5. The smallest absolute Gasteiger partial charge is 0.248 e. The van der Waals surface area contributed by atoms with Gasteiger partial charge in [0.2, 0.25) is 11.8 Å². The van der Waals surface area contributed by atoms with E-state index in [0.29, 0.717) is 23.1 Å². The van der Waals surface area contributed by atoms with Crippen molar-refractivity contribution in [1.82, 2.24) is 9.88 Å². The van der Waals surface area contributed by atoms with E-state index < -0.39 is 6.04 Å². The number of carbonyl (C=O) groups is 2. The lowest BCUT2D eigenvalue weighted by molar-refractivity contribution is -0.136. The molecular weight excluding hydrogens is 382 g/mol. The first-order valence-electron chi connectivity index (χ1n) is 8.80. The molecule has 0 saturated carbocycles. The van der Waals surface area contributed by atoms with Crippen LogP contribution in [0, 0.1) is 0 Å².